The van der Waals surface area contributed by atoms with Crippen LogP contribution in [0, 0.1) is 5.92 Å². The minimum absolute atomic E-state index is 0.686. The predicted octanol–water partition coefficient (Wildman–Crippen LogP) is 0.938. The van der Waals surface area contributed by atoms with Gasteiger partial charge in [0, 0.05) is 40.0 Å². The zero-order chi connectivity index (χ0) is 13.7. The highest BCUT2D eigenvalue weighted by Crippen LogP contribution is 2.27. The second-order valence-electron chi connectivity index (χ2n) is 5.60. The highest BCUT2D eigenvalue weighted by atomic mass is 28.4. The molecule has 6 heteroatoms. The predicted molar refractivity (Wildman–Crippen MR) is 77.2 cm³/mol. The molecule has 19 heavy (non-hydrogen) atoms. The van der Waals surface area contributed by atoms with Crippen LogP contribution in [0.1, 0.15) is 19.3 Å². The molecule has 0 amide bonds. The zero-order valence-electron chi connectivity index (χ0n) is 12.5. The first-order valence-corrected chi connectivity index (χ1v) is 9.27. The van der Waals surface area contributed by atoms with E-state index in [-0.39, 0.29) is 0 Å². The Morgan fingerprint density at radius 3 is 2.21 bits per heavy atom. The SMILES string of the molecule is CO[Si](CCCNC1CN2CCC1CC2)(OC)OC. The van der Waals surface area contributed by atoms with Gasteiger partial charge in [-0.15, -0.1) is 0 Å². The van der Waals surface area contributed by atoms with Crippen LogP contribution in [0.2, 0.25) is 6.04 Å². The summed E-state index contributed by atoms with van der Waals surface area (Å²) in [4.78, 5) is 2.58. The van der Waals surface area contributed by atoms with Crippen LogP contribution in [0.4, 0.5) is 0 Å². The molecule has 3 saturated heterocycles. The van der Waals surface area contributed by atoms with Crippen molar-refractivity contribution in [1.82, 2.24) is 10.2 Å². The van der Waals surface area contributed by atoms with Crippen LogP contribution in [0.3, 0.4) is 0 Å². The number of rotatable bonds is 8. The monoisotopic (exact) mass is 288 g/mol. The summed E-state index contributed by atoms with van der Waals surface area (Å²) >= 11 is 0. The van der Waals surface area contributed by atoms with Gasteiger partial charge in [-0.25, -0.2) is 0 Å². The highest BCUT2D eigenvalue weighted by Gasteiger charge is 2.37. The van der Waals surface area contributed by atoms with Gasteiger partial charge in [0.15, 0.2) is 0 Å². The summed E-state index contributed by atoms with van der Waals surface area (Å²) in [6.45, 7) is 4.86. The summed E-state index contributed by atoms with van der Waals surface area (Å²) in [7, 11) is 2.67. The molecular weight excluding hydrogens is 260 g/mol. The Morgan fingerprint density at radius 1 is 1.11 bits per heavy atom. The quantitative estimate of drug-likeness (QED) is 0.532. The van der Waals surface area contributed by atoms with Crippen molar-refractivity contribution in [3.63, 3.8) is 0 Å². The summed E-state index contributed by atoms with van der Waals surface area (Å²) in [5.74, 6) is 0.888. The average Bonchev–Trinajstić information content (AvgIpc) is 2.49. The summed E-state index contributed by atoms with van der Waals surface area (Å²) in [6, 6.07) is 1.57. The third-order valence-corrected chi connectivity index (χ3v) is 7.49. The van der Waals surface area contributed by atoms with Crippen LogP contribution in [0.25, 0.3) is 0 Å². The third-order valence-electron chi connectivity index (χ3n) is 4.66. The van der Waals surface area contributed by atoms with Crippen LogP contribution < -0.4 is 5.32 Å². The molecule has 1 atom stereocenters. The van der Waals surface area contributed by atoms with Crippen molar-refractivity contribution >= 4 is 8.80 Å². The minimum atomic E-state index is -2.37. The number of nitrogens with zero attached hydrogens (tertiary/aromatic N) is 1. The van der Waals surface area contributed by atoms with Crippen molar-refractivity contribution in [2.24, 2.45) is 5.92 Å². The van der Waals surface area contributed by atoms with Gasteiger partial charge < -0.3 is 23.5 Å². The van der Waals surface area contributed by atoms with E-state index >= 15 is 0 Å². The summed E-state index contributed by atoms with van der Waals surface area (Å²) in [5.41, 5.74) is 0. The summed E-state index contributed by atoms with van der Waals surface area (Å²) in [6.07, 6.45) is 3.78. The Bertz CT molecular complexity index is 260. The highest BCUT2D eigenvalue weighted by molar-refractivity contribution is 6.60. The fourth-order valence-corrected chi connectivity index (χ4v) is 5.07. The summed E-state index contributed by atoms with van der Waals surface area (Å²) in [5, 5.41) is 3.71. The van der Waals surface area contributed by atoms with Crippen molar-refractivity contribution in [2.45, 2.75) is 31.3 Å². The van der Waals surface area contributed by atoms with Crippen LogP contribution in [-0.2, 0) is 13.3 Å². The summed E-state index contributed by atoms with van der Waals surface area (Å²) < 4.78 is 16.3. The van der Waals surface area contributed by atoms with E-state index in [4.69, 9.17) is 13.3 Å². The molecule has 0 spiro atoms. The van der Waals surface area contributed by atoms with E-state index in [1.54, 1.807) is 21.3 Å². The molecule has 3 fully saturated rings. The van der Waals surface area contributed by atoms with Crippen molar-refractivity contribution in [3.05, 3.63) is 0 Å². The van der Waals surface area contributed by atoms with Gasteiger partial charge in [0.25, 0.3) is 0 Å². The number of hydrogen-bond acceptors (Lipinski definition) is 5. The number of piperidine rings is 3. The first-order chi connectivity index (χ1) is 9.23. The fraction of sp³-hybridized carbons (Fsp3) is 1.00. The molecule has 3 aliphatic heterocycles. The lowest BCUT2D eigenvalue weighted by molar-refractivity contribution is 0.0725. The van der Waals surface area contributed by atoms with E-state index in [0.717, 1.165) is 24.9 Å². The molecule has 3 aliphatic rings. The number of nitrogens with one attached hydrogen (secondary N) is 1. The molecular formula is C13H28N2O3Si. The Hall–Kier alpha value is 0.0169. The van der Waals surface area contributed by atoms with E-state index in [1.165, 1.54) is 32.5 Å². The van der Waals surface area contributed by atoms with Crippen molar-refractivity contribution in [2.75, 3.05) is 47.5 Å². The van der Waals surface area contributed by atoms with Crippen LogP contribution in [0.5, 0.6) is 0 Å². The molecule has 3 rings (SSSR count). The first-order valence-electron chi connectivity index (χ1n) is 7.34. The van der Waals surface area contributed by atoms with Gasteiger partial charge >= 0.3 is 8.80 Å². The molecule has 0 saturated carbocycles. The molecule has 5 nitrogen and oxygen atoms in total. The van der Waals surface area contributed by atoms with Gasteiger partial charge in [0.1, 0.15) is 0 Å². The number of hydrogen-bond donors (Lipinski definition) is 1. The Morgan fingerprint density at radius 2 is 1.74 bits per heavy atom. The van der Waals surface area contributed by atoms with Gasteiger partial charge in [-0.2, -0.15) is 0 Å². The van der Waals surface area contributed by atoms with Gasteiger partial charge in [-0.1, -0.05) is 0 Å². The molecule has 0 aromatic heterocycles. The van der Waals surface area contributed by atoms with Crippen molar-refractivity contribution < 1.29 is 13.3 Å². The van der Waals surface area contributed by atoms with E-state index in [9.17, 15) is 0 Å². The lowest BCUT2D eigenvalue weighted by Crippen LogP contribution is -2.56. The maximum Gasteiger partial charge on any atom is 0.500 e. The van der Waals surface area contributed by atoms with Crippen LogP contribution >= 0.6 is 0 Å². The second-order valence-corrected chi connectivity index (χ2v) is 8.69. The molecule has 1 N–H and O–H groups in total. The Kier molecular flexibility index (Phi) is 5.80. The lowest BCUT2D eigenvalue weighted by Gasteiger charge is -2.45. The second kappa shape index (κ2) is 7.15. The third kappa shape index (κ3) is 3.77. The standard InChI is InChI=1S/C13H28N2O3Si/c1-16-19(17-2,18-3)10-4-7-14-13-11-15-8-5-12(13)6-9-15/h12-14H,4-11H2,1-3H3. The van der Waals surface area contributed by atoms with Gasteiger partial charge in [-0.05, 0) is 44.8 Å². The normalized spacial score (nSPS) is 30.8. The molecule has 0 aliphatic carbocycles. The van der Waals surface area contributed by atoms with E-state index in [1.807, 2.05) is 0 Å². The van der Waals surface area contributed by atoms with E-state index in [0.29, 0.717) is 6.04 Å². The maximum absolute atomic E-state index is 5.44. The van der Waals surface area contributed by atoms with Crippen LogP contribution in [0.15, 0.2) is 0 Å². The lowest BCUT2D eigenvalue weighted by atomic mass is 9.84. The van der Waals surface area contributed by atoms with Gasteiger partial charge in [-0.3, -0.25) is 0 Å². The smallest absolute Gasteiger partial charge is 0.377 e. The Labute approximate surface area is 118 Å². The number of fused-ring (bicyclic) bond motifs is 3. The zero-order valence-corrected chi connectivity index (χ0v) is 13.5. The molecule has 2 bridgehead atoms. The van der Waals surface area contributed by atoms with E-state index < -0.39 is 8.80 Å². The van der Waals surface area contributed by atoms with Gasteiger partial charge in [0.2, 0.25) is 0 Å². The molecule has 3 heterocycles. The minimum Gasteiger partial charge on any atom is -0.377 e. The van der Waals surface area contributed by atoms with E-state index in [2.05, 4.69) is 10.2 Å². The fourth-order valence-electron chi connectivity index (χ4n) is 3.34. The first kappa shape index (κ1) is 15.4. The largest absolute Gasteiger partial charge is 0.500 e. The molecule has 0 aromatic rings. The molecule has 0 aromatic carbocycles. The van der Waals surface area contributed by atoms with Crippen molar-refractivity contribution in [1.29, 1.82) is 0 Å². The molecule has 0 radical (unpaired) electrons. The van der Waals surface area contributed by atoms with Crippen LogP contribution in [-0.4, -0.2) is 67.3 Å². The van der Waals surface area contributed by atoms with Crippen molar-refractivity contribution in [3.8, 4) is 0 Å². The topological polar surface area (TPSA) is 43.0 Å². The average molecular weight is 288 g/mol. The van der Waals surface area contributed by atoms with Gasteiger partial charge in [0.05, 0.1) is 0 Å². The maximum atomic E-state index is 5.44. The molecule has 112 valence electrons. The Balaban J connectivity index is 1.66. The molecule has 1 unspecified atom stereocenters.